The van der Waals surface area contributed by atoms with E-state index >= 15 is 0 Å². The first-order valence-corrected chi connectivity index (χ1v) is 16.2. The molecule has 0 spiro atoms. The molecule has 0 N–H and O–H groups in total. The molecule has 1 unspecified atom stereocenters. The fraction of sp³-hybridized carbons (Fsp3) is 0.323. The van der Waals surface area contributed by atoms with Crippen LogP contribution in [-0.4, -0.2) is 65.2 Å². The monoisotopic (exact) mass is 651 g/mol. The van der Waals surface area contributed by atoms with Crippen LogP contribution in [0.25, 0.3) is 33.4 Å². The van der Waals surface area contributed by atoms with E-state index in [1.54, 1.807) is 45.2 Å². The molecule has 0 radical (unpaired) electrons. The second kappa shape index (κ2) is 12.7. The number of imide groups is 1. The van der Waals surface area contributed by atoms with Gasteiger partial charge in [0.25, 0.3) is 5.56 Å². The zero-order chi connectivity index (χ0) is 31.8. The number of fused-ring (bicyclic) bond motifs is 1. The zero-order valence-electron chi connectivity index (χ0n) is 24.8. The van der Waals surface area contributed by atoms with Crippen molar-refractivity contribution in [2.45, 2.75) is 56.7 Å². The number of hydrogen-bond acceptors (Lipinski definition) is 10. The van der Waals surface area contributed by atoms with Crippen molar-refractivity contribution in [1.82, 2.24) is 24.4 Å². The van der Waals surface area contributed by atoms with Crippen molar-refractivity contribution in [2.75, 3.05) is 12.8 Å². The van der Waals surface area contributed by atoms with Gasteiger partial charge in [-0.2, -0.15) is 0 Å². The third-order valence-corrected chi connectivity index (χ3v) is 8.75. The van der Waals surface area contributed by atoms with Crippen LogP contribution in [0.4, 0.5) is 4.79 Å². The van der Waals surface area contributed by atoms with Gasteiger partial charge >= 0.3 is 6.09 Å². The first-order valence-electron chi connectivity index (χ1n) is 13.8. The maximum Gasteiger partial charge on any atom is 0.417 e. The molecule has 1 aliphatic rings. The van der Waals surface area contributed by atoms with Crippen molar-refractivity contribution >= 4 is 63.3 Å². The van der Waals surface area contributed by atoms with Gasteiger partial charge in [0.05, 0.1) is 10.9 Å². The number of halogens is 1. The lowest BCUT2D eigenvalue weighted by molar-refractivity contribution is -0.133. The number of ether oxygens (including phenoxy) is 1. The van der Waals surface area contributed by atoms with E-state index in [0.29, 0.717) is 32.3 Å². The number of benzene rings is 1. The molecule has 0 aliphatic carbocycles. The smallest absolute Gasteiger partial charge is 0.417 e. The summed E-state index contributed by atoms with van der Waals surface area (Å²) in [7, 11) is 0. The van der Waals surface area contributed by atoms with Gasteiger partial charge < -0.3 is 4.74 Å². The Hall–Kier alpha value is -3.74. The predicted molar refractivity (Wildman–Crippen MR) is 173 cm³/mol. The molecule has 2 amide bonds. The minimum absolute atomic E-state index is 0.0514. The summed E-state index contributed by atoms with van der Waals surface area (Å²) in [6, 6.07) is 12.8. The number of aromatic nitrogens is 4. The minimum Gasteiger partial charge on any atom is -0.443 e. The molecule has 3 aromatic heterocycles. The van der Waals surface area contributed by atoms with Crippen LogP contribution in [0, 0.1) is 6.92 Å². The first-order chi connectivity index (χ1) is 20.8. The van der Waals surface area contributed by atoms with E-state index in [2.05, 4.69) is 15.0 Å². The summed E-state index contributed by atoms with van der Waals surface area (Å²) < 4.78 is 6.82. The molecule has 1 aromatic carbocycles. The van der Waals surface area contributed by atoms with Gasteiger partial charge in [0.15, 0.2) is 5.16 Å². The number of rotatable bonds is 6. The second-order valence-corrected chi connectivity index (χ2v) is 13.6. The van der Waals surface area contributed by atoms with Crippen LogP contribution in [0.3, 0.4) is 0 Å². The molecule has 5 rings (SSSR count). The Morgan fingerprint density at radius 1 is 1.11 bits per heavy atom. The van der Waals surface area contributed by atoms with Gasteiger partial charge in [0, 0.05) is 45.5 Å². The number of hydrogen-bond donors (Lipinski definition) is 0. The van der Waals surface area contributed by atoms with Gasteiger partial charge in [0.2, 0.25) is 11.0 Å². The summed E-state index contributed by atoms with van der Waals surface area (Å²) in [5.74, 6) is -0.542. The van der Waals surface area contributed by atoms with Crippen LogP contribution < -0.4 is 5.56 Å². The van der Waals surface area contributed by atoms with Crippen molar-refractivity contribution in [3.63, 3.8) is 0 Å². The summed E-state index contributed by atoms with van der Waals surface area (Å²) in [4.78, 5) is 66.9. The second-order valence-electron chi connectivity index (χ2n) is 11.2. The van der Waals surface area contributed by atoms with Crippen LogP contribution in [0.5, 0.6) is 0 Å². The van der Waals surface area contributed by atoms with E-state index in [1.807, 2.05) is 37.4 Å². The highest BCUT2D eigenvalue weighted by Gasteiger charge is 2.39. The molecule has 44 heavy (non-hydrogen) atoms. The third kappa shape index (κ3) is 6.82. The number of pyridine rings is 2. The standard InChI is InChI=1S/C31H30ClN5O5S2/c1-17-7-6-8-23(34-17)18-9-10-20(22(32)14-18)21-13-19-15-33-29(43-5)35-26(19)36(27(21)39)12-11-24-28(40)37(16-25(38)44-24)30(41)42-31(2,3)4/h6-10,13-15,24H,11-12,16H2,1-5H3. The Morgan fingerprint density at radius 2 is 1.89 bits per heavy atom. The molecule has 4 aromatic rings. The van der Waals surface area contributed by atoms with Crippen LogP contribution in [0.2, 0.25) is 5.02 Å². The van der Waals surface area contributed by atoms with Crippen LogP contribution in [0.15, 0.2) is 58.6 Å². The van der Waals surface area contributed by atoms with Crippen molar-refractivity contribution in [3.8, 4) is 22.4 Å². The first kappa shape index (κ1) is 31.7. The fourth-order valence-corrected chi connectivity index (χ4v) is 6.36. The predicted octanol–water partition coefficient (Wildman–Crippen LogP) is 6.00. The highest BCUT2D eigenvalue weighted by Crippen LogP contribution is 2.32. The van der Waals surface area contributed by atoms with E-state index in [9.17, 15) is 19.2 Å². The lowest BCUT2D eigenvalue weighted by Crippen LogP contribution is -2.50. The quantitative estimate of drug-likeness (QED) is 0.181. The third-order valence-electron chi connectivity index (χ3n) is 6.76. The summed E-state index contributed by atoms with van der Waals surface area (Å²) in [6.07, 6.45) is 2.69. The lowest BCUT2D eigenvalue weighted by Gasteiger charge is -2.31. The molecular weight excluding hydrogens is 622 g/mol. The summed E-state index contributed by atoms with van der Waals surface area (Å²) in [5.41, 5.74) is 2.48. The van der Waals surface area contributed by atoms with E-state index < -0.39 is 22.9 Å². The minimum atomic E-state index is -0.888. The molecule has 0 saturated carbocycles. The molecular formula is C31H30ClN5O5S2. The molecule has 4 heterocycles. The summed E-state index contributed by atoms with van der Waals surface area (Å²) in [5, 5.41) is 0.217. The van der Waals surface area contributed by atoms with Crippen molar-refractivity contribution < 1.29 is 19.1 Å². The number of carbonyl (C=O) groups is 3. The zero-order valence-corrected chi connectivity index (χ0v) is 27.2. The Balaban J connectivity index is 1.51. The van der Waals surface area contributed by atoms with E-state index in [-0.39, 0.29) is 30.2 Å². The van der Waals surface area contributed by atoms with Gasteiger partial charge in [-0.05, 0) is 64.6 Å². The maximum atomic E-state index is 14.1. The normalized spacial score (nSPS) is 15.6. The van der Waals surface area contributed by atoms with Crippen LogP contribution >= 0.6 is 35.1 Å². The highest BCUT2D eigenvalue weighted by atomic mass is 35.5. The molecule has 228 valence electrons. The van der Waals surface area contributed by atoms with E-state index in [1.165, 1.54) is 16.3 Å². The topological polar surface area (TPSA) is 124 Å². The maximum absolute atomic E-state index is 14.1. The number of thioether (sulfide) groups is 2. The van der Waals surface area contributed by atoms with Crippen molar-refractivity contribution in [2.24, 2.45) is 0 Å². The van der Waals surface area contributed by atoms with Crippen molar-refractivity contribution in [3.05, 3.63) is 69.7 Å². The van der Waals surface area contributed by atoms with E-state index in [0.717, 1.165) is 33.6 Å². The van der Waals surface area contributed by atoms with Gasteiger partial charge in [-0.25, -0.2) is 19.7 Å². The largest absolute Gasteiger partial charge is 0.443 e. The average molecular weight is 652 g/mol. The number of nitrogens with zero attached hydrogens (tertiary/aromatic N) is 5. The van der Waals surface area contributed by atoms with Gasteiger partial charge in [0.1, 0.15) is 17.8 Å². The molecule has 1 aliphatic heterocycles. The lowest BCUT2D eigenvalue weighted by atomic mass is 10.0. The van der Waals surface area contributed by atoms with Gasteiger partial charge in [-0.1, -0.05) is 53.3 Å². The Kier molecular flexibility index (Phi) is 9.15. The van der Waals surface area contributed by atoms with Crippen LogP contribution in [0.1, 0.15) is 32.9 Å². The highest BCUT2D eigenvalue weighted by molar-refractivity contribution is 8.14. The SMILES string of the molecule is CSc1ncc2cc(-c3ccc(-c4cccc(C)n4)cc3Cl)c(=O)n(CCC3SC(=O)CN(C(=O)OC(C)(C)C)C3=O)c2n1. The summed E-state index contributed by atoms with van der Waals surface area (Å²) >= 11 is 8.95. The van der Waals surface area contributed by atoms with Crippen molar-refractivity contribution in [1.29, 1.82) is 0 Å². The molecule has 13 heteroatoms. The van der Waals surface area contributed by atoms with E-state index in [4.69, 9.17) is 16.3 Å². The summed E-state index contributed by atoms with van der Waals surface area (Å²) in [6.45, 7) is 6.64. The average Bonchev–Trinajstić information content (AvgIpc) is 2.96. The number of carbonyl (C=O) groups excluding carboxylic acids is 3. The van der Waals surface area contributed by atoms with Gasteiger partial charge in [-0.15, -0.1) is 0 Å². The molecule has 1 atom stereocenters. The molecule has 0 bridgehead atoms. The molecule has 1 saturated heterocycles. The number of aryl methyl sites for hydroxylation is 2. The van der Waals surface area contributed by atoms with Crippen LogP contribution in [-0.2, 0) is 20.9 Å². The molecule has 10 nitrogen and oxygen atoms in total. The Morgan fingerprint density at radius 3 is 2.57 bits per heavy atom. The van der Waals surface area contributed by atoms with Gasteiger partial charge in [-0.3, -0.25) is 23.9 Å². The molecule has 1 fully saturated rings. The Bertz CT molecular complexity index is 1860. The fourth-order valence-electron chi connectivity index (χ4n) is 4.77. The number of amides is 2. The Labute approximate surface area is 267 Å².